The van der Waals surface area contributed by atoms with Gasteiger partial charge in [-0.1, -0.05) is 19.1 Å². The molecule has 24 heavy (non-hydrogen) atoms. The van der Waals surface area contributed by atoms with E-state index >= 15 is 0 Å². The quantitative estimate of drug-likeness (QED) is 0.882. The van der Waals surface area contributed by atoms with Crippen molar-refractivity contribution in [1.82, 2.24) is 9.80 Å². The van der Waals surface area contributed by atoms with E-state index < -0.39 is 6.04 Å². The topological polar surface area (TPSA) is 69.7 Å². The summed E-state index contributed by atoms with van der Waals surface area (Å²) in [7, 11) is 1.73. The first-order chi connectivity index (χ1) is 11.4. The highest BCUT2D eigenvalue weighted by atomic mass is 32.2. The van der Waals surface area contributed by atoms with Gasteiger partial charge in [0.25, 0.3) is 0 Å². The number of nitrogens with one attached hydrogen (secondary N) is 1. The van der Waals surface area contributed by atoms with Crippen LogP contribution < -0.4 is 5.32 Å². The minimum absolute atomic E-state index is 0.00279. The second kappa shape index (κ2) is 8.19. The van der Waals surface area contributed by atoms with Gasteiger partial charge in [0, 0.05) is 38.4 Å². The van der Waals surface area contributed by atoms with E-state index in [9.17, 15) is 14.4 Å². The number of rotatable bonds is 5. The molecule has 0 radical (unpaired) electrons. The second-order valence-corrected chi connectivity index (χ2v) is 6.80. The van der Waals surface area contributed by atoms with Crippen LogP contribution in [0.2, 0.25) is 0 Å². The molecule has 1 heterocycles. The summed E-state index contributed by atoms with van der Waals surface area (Å²) < 4.78 is 0. The smallest absolute Gasteiger partial charge is 0.248 e. The lowest BCUT2D eigenvalue weighted by Crippen LogP contribution is -2.44. The first-order valence-corrected chi connectivity index (χ1v) is 9.06. The van der Waals surface area contributed by atoms with Crippen molar-refractivity contribution in [3.8, 4) is 0 Å². The van der Waals surface area contributed by atoms with Crippen LogP contribution in [0.4, 0.5) is 5.69 Å². The highest BCUT2D eigenvalue weighted by Gasteiger charge is 2.33. The molecule has 0 aromatic heterocycles. The van der Waals surface area contributed by atoms with E-state index in [1.54, 1.807) is 35.5 Å². The zero-order chi connectivity index (χ0) is 17.7. The Bertz CT molecular complexity index is 635. The Labute approximate surface area is 146 Å². The Hall–Kier alpha value is -2.02. The van der Waals surface area contributed by atoms with Crippen LogP contribution >= 0.6 is 11.8 Å². The first kappa shape index (κ1) is 18.3. The molecule has 0 aliphatic carbocycles. The Balaban J connectivity index is 2.04. The van der Waals surface area contributed by atoms with Crippen molar-refractivity contribution in [3.05, 3.63) is 29.8 Å². The largest absolute Gasteiger partial charge is 0.342 e. The number of hydrogen-bond donors (Lipinski definition) is 1. The van der Waals surface area contributed by atoms with E-state index in [1.807, 2.05) is 24.3 Å². The maximum Gasteiger partial charge on any atom is 0.248 e. The molecule has 1 fully saturated rings. The third-order valence-electron chi connectivity index (χ3n) is 3.96. The standard InChI is InChI=1S/C17H23N3O3S/c1-4-16(22)20-11-24-10-15(20)17(23)18-14-7-5-6-13(8-14)9-19(3)12(2)21/h5-8,15H,4,9-11H2,1-3H3,(H,18,23)/t15-/m0/s1. The van der Waals surface area contributed by atoms with Crippen LogP contribution in [0.1, 0.15) is 25.8 Å². The number of nitrogens with zero attached hydrogens (tertiary/aromatic N) is 2. The van der Waals surface area contributed by atoms with Crippen LogP contribution in [0.3, 0.4) is 0 Å². The van der Waals surface area contributed by atoms with Crippen LogP contribution in [0.25, 0.3) is 0 Å². The summed E-state index contributed by atoms with van der Waals surface area (Å²) in [6.45, 7) is 3.80. The lowest BCUT2D eigenvalue weighted by atomic mass is 10.1. The van der Waals surface area contributed by atoms with Gasteiger partial charge in [-0.15, -0.1) is 11.8 Å². The van der Waals surface area contributed by atoms with Crippen molar-refractivity contribution < 1.29 is 14.4 Å². The summed E-state index contributed by atoms with van der Waals surface area (Å²) in [6, 6.07) is 6.99. The maximum absolute atomic E-state index is 12.5. The third-order valence-corrected chi connectivity index (χ3v) is 4.97. The molecule has 130 valence electrons. The molecular weight excluding hydrogens is 326 g/mol. The SMILES string of the molecule is CCC(=O)N1CSC[C@H]1C(=O)Nc1cccc(CN(C)C(C)=O)c1. The molecule has 1 aliphatic heterocycles. The highest BCUT2D eigenvalue weighted by molar-refractivity contribution is 7.99. The molecule has 1 aromatic carbocycles. The van der Waals surface area contributed by atoms with Gasteiger partial charge in [0.1, 0.15) is 6.04 Å². The van der Waals surface area contributed by atoms with Gasteiger partial charge in [-0.05, 0) is 17.7 Å². The van der Waals surface area contributed by atoms with E-state index in [-0.39, 0.29) is 17.7 Å². The van der Waals surface area contributed by atoms with E-state index in [0.29, 0.717) is 30.3 Å². The molecule has 1 N–H and O–H groups in total. The predicted molar refractivity (Wildman–Crippen MR) is 95.5 cm³/mol. The van der Waals surface area contributed by atoms with Gasteiger partial charge in [0.15, 0.2) is 0 Å². The summed E-state index contributed by atoms with van der Waals surface area (Å²) in [5, 5.41) is 2.89. The first-order valence-electron chi connectivity index (χ1n) is 7.91. The van der Waals surface area contributed by atoms with Crippen LogP contribution in [-0.2, 0) is 20.9 Å². The Kier molecular flexibility index (Phi) is 6.25. The van der Waals surface area contributed by atoms with E-state index in [2.05, 4.69) is 5.32 Å². The van der Waals surface area contributed by atoms with Crippen molar-refractivity contribution in [2.24, 2.45) is 0 Å². The maximum atomic E-state index is 12.5. The van der Waals surface area contributed by atoms with Gasteiger partial charge in [0.05, 0.1) is 5.88 Å². The average Bonchev–Trinajstić information content (AvgIpc) is 3.04. The van der Waals surface area contributed by atoms with Crippen molar-refractivity contribution in [1.29, 1.82) is 0 Å². The lowest BCUT2D eigenvalue weighted by molar-refractivity contribution is -0.135. The molecule has 1 aliphatic rings. The molecule has 1 saturated heterocycles. The number of carbonyl (C=O) groups excluding carboxylic acids is 3. The fourth-order valence-corrected chi connectivity index (χ4v) is 3.65. The average molecular weight is 349 g/mol. The summed E-state index contributed by atoms with van der Waals surface area (Å²) in [4.78, 5) is 39.0. The van der Waals surface area contributed by atoms with Gasteiger partial charge >= 0.3 is 0 Å². The van der Waals surface area contributed by atoms with Crippen molar-refractivity contribution in [3.63, 3.8) is 0 Å². The van der Waals surface area contributed by atoms with E-state index in [0.717, 1.165) is 5.56 Å². The van der Waals surface area contributed by atoms with Crippen LogP contribution in [0.5, 0.6) is 0 Å². The Morgan fingerprint density at radius 3 is 2.79 bits per heavy atom. The van der Waals surface area contributed by atoms with E-state index in [1.165, 1.54) is 6.92 Å². The molecule has 0 bridgehead atoms. The fraction of sp³-hybridized carbons (Fsp3) is 0.471. The molecule has 2 rings (SSSR count). The molecule has 3 amide bonds. The lowest BCUT2D eigenvalue weighted by Gasteiger charge is -2.22. The molecule has 0 unspecified atom stereocenters. The van der Waals surface area contributed by atoms with Crippen molar-refractivity contribution >= 4 is 35.2 Å². The highest BCUT2D eigenvalue weighted by Crippen LogP contribution is 2.23. The molecule has 0 spiro atoms. The number of carbonyl (C=O) groups is 3. The number of thioether (sulfide) groups is 1. The fourth-order valence-electron chi connectivity index (χ4n) is 2.47. The molecular formula is C17H23N3O3S. The number of benzene rings is 1. The van der Waals surface area contributed by atoms with Gasteiger partial charge in [-0.3, -0.25) is 14.4 Å². The van der Waals surface area contributed by atoms with Crippen LogP contribution in [-0.4, -0.2) is 52.2 Å². The summed E-state index contributed by atoms with van der Waals surface area (Å²) in [5.41, 5.74) is 1.61. The second-order valence-electron chi connectivity index (χ2n) is 5.80. The third kappa shape index (κ3) is 4.50. The minimum atomic E-state index is -0.425. The molecule has 1 aromatic rings. The zero-order valence-corrected chi connectivity index (χ0v) is 15.1. The molecule has 7 heteroatoms. The number of anilines is 1. The van der Waals surface area contributed by atoms with Crippen molar-refractivity contribution in [2.75, 3.05) is 24.0 Å². The van der Waals surface area contributed by atoms with Gasteiger partial charge in [-0.2, -0.15) is 0 Å². The van der Waals surface area contributed by atoms with E-state index in [4.69, 9.17) is 0 Å². The zero-order valence-electron chi connectivity index (χ0n) is 14.2. The molecule has 1 atom stereocenters. The van der Waals surface area contributed by atoms with Crippen molar-refractivity contribution in [2.45, 2.75) is 32.9 Å². The Morgan fingerprint density at radius 1 is 1.38 bits per heavy atom. The molecule has 0 saturated carbocycles. The molecule has 6 nitrogen and oxygen atoms in total. The number of amides is 3. The van der Waals surface area contributed by atoms with Gasteiger partial charge in [0.2, 0.25) is 17.7 Å². The summed E-state index contributed by atoms with van der Waals surface area (Å²) >= 11 is 1.59. The summed E-state index contributed by atoms with van der Waals surface area (Å²) in [6.07, 6.45) is 0.400. The van der Waals surface area contributed by atoms with Crippen LogP contribution in [0, 0.1) is 0 Å². The Morgan fingerprint density at radius 2 is 2.12 bits per heavy atom. The number of hydrogen-bond acceptors (Lipinski definition) is 4. The summed E-state index contributed by atoms with van der Waals surface area (Å²) in [5.74, 6) is 0.996. The normalized spacial score (nSPS) is 16.8. The minimum Gasteiger partial charge on any atom is -0.342 e. The predicted octanol–water partition coefficient (Wildman–Crippen LogP) is 1.91. The van der Waals surface area contributed by atoms with Crippen LogP contribution in [0.15, 0.2) is 24.3 Å². The van der Waals surface area contributed by atoms with Gasteiger partial charge in [-0.25, -0.2) is 0 Å². The van der Waals surface area contributed by atoms with Gasteiger partial charge < -0.3 is 15.1 Å². The monoisotopic (exact) mass is 349 g/mol.